The van der Waals surface area contributed by atoms with E-state index in [0.717, 1.165) is 30.8 Å². The van der Waals surface area contributed by atoms with E-state index < -0.39 is 0 Å². The van der Waals surface area contributed by atoms with Crippen molar-refractivity contribution in [2.75, 3.05) is 13.1 Å². The standard InChI is InChI=1S/C14H17N3OS/c1-10-9-15-16-13(10)11-4-6-17(7-5-11)14(18)12-3-2-8-19-12/h2-3,8-9,11H,4-7H2,1H3,(H,15,16). The molecular formula is C14H17N3OS. The summed E-state index contributed by atoms with van der Waals surface area (Å²) >= 11 is 1.52. The van der Waals surface area contributed by atoms with Crippen LogP contribution in [0, 0.1) is 6.92 Å². The minimum absolute atomic E-state index is 0.176. The molecule has 1 amide bonds. The number of amides is 1. The number of nitrogens with one attached hydrogen (secondary N) is 1. The van der Waals surface area contributed by atoms with Gasteiger partial charge in [-0.3, -0.25) is 9.89 Å². The zero-order chi connectivity index (χ0) is 13.2. The van der Waals surface area contributed by atoms with E-state index in [2.05, 4.69) is 17.1 Å². The van der Waals surface area contributed by atoms with E-state index in [1.165, 1.54) is 22.6 Å². The van der Waals surface area contributed by atoms with E-state index in [4.69, 9.17) is 0 Å². The Hall–Kier alpha value is -1.62. The second kappa shape index (κ2) is 5.17. The summed E-state index contributed by atoms with van der Waals surface area (Å²) in [5, 5.41) is 9.14. The van der Waals surface area contributed by atoms with E-state index in [9.17, 15) is 4.79 Å². The number of aryl methyl sites for hydroxylation is 1. The third-order valence-electron chi connectivity index (χ3n) is 3.79. The molecule has 3 rings (SSSR count). The zero-order valence-corrected chi connectivity index (χ0v) is 11.7. The molecule has 5 heteroatoms. The molecule has 0 spiro atoms. The van der Waals surface area contributed by atoms with Crippen LogP contribution in [-0.2, 0) is 0 Å². The smallest absolute Gasteiger partial charge is 0.263 e. The number of hydrogen-bond acceptors (Lipinski definition) is 3. The first-order valence-corrected chi connectivity index (χ1v) is 7.46. The number of carbonyl (C=O) groups excluding carboxylic acids is 1. The van der Waals surface area contributed by atoms with Crippen molar-refractivity contribution in [3.05, 3.63) is 39.8 Å². The quantitative estimate of drug-likeness (QED) is 0.916. The van der Waals surface area contributed by atoms with Crippen LogP contribution < -0.4 is 0 Å². The van der Waals surface area contributed by atoms with Gasteiger partial charge in [0.1, 0.15) is 0 Å². The van der Waals surface area contributed by atoms with Crippen molar-refractivity contribution >= 4 is 17.2 Å². The molecule has 3 heterocycles. The van der Waals surface area contributed by atoms with Crippen LogP contribution in [0.5, 0.6) is 0 Å². The van der Waals surface area contributed by atoms with Crippen LogP contribution in [0.3, 0.4) is 0 Å². The highest BCUT2D eigenvalue weighted by molar-refractivity contribution is 7.12. The molecule has 1 fully saturated rings. The van der Waals surface area contributed by atoms with Crippen LogP contribution in [0.15, 0.2) is 23.7 Å². The number of likely N-dealkylation sites (tertiary alicyclic amines) is 1. The highest BCUT2D eigenvalue weighted by atomic mass is 32.1. The summed E-state index contributed by atoms with van der Waals surface area (Å²) in [5.74, 6) is 0.685. The second-order valence-corrected chi connectivity index (χ2v) is 5.96. The molecule has 0 bridgehead atoms. The Kier molecular flexibility index (Phi) is 3.38. The summed E-state index contributed by atoms with van der Waals surface area (Å²) in [5.41, 5.74) is 2.46. The monoisotopic (exact) mass is 275 g/mol. The summed E-state index contributed by atoms with van der Waals surface area (Å²) in [4.78, 5) is 15.0. The fraction of sp³-hybridized carbons (Fsp3) is 0.429. The molecule has 0 aliphatic carbocycles. The average molecular weight is 275 g/mol. The van der Waals surface area contributed by atoms with Gasteiger partial charge in [0.25, 0.3) is 5.91 Å². The Morgan fingerprint density at radius 2 is 2.26 bits per heavy atom. The number of aromatic amines is 1. The lowest BCUT2D eigenvalue weighted by Crippen LogP contribution is -2.37. The third kappa shape index (κ3) is 2.42. The van der Waals surface area contributed by atoms with Gasteiger partial charge in [0.15, 0.2) is 0 Å². The first-order chi connectivity index (χ1) is 9.25. The summed E-state index contributed by atoms with van der Waals surface area (Å²) < 4.78 is 0. The van der Waals surface area contributed by atoms with Gasteiger partial charge in [0.2, 0.25) is 0 Å². The van der Waals surface area contributed by atoms with Crippen molar-refractivity contribution < 1.29 is 4.79 Å². The van der Waals surface area contributed by atoms with Gasteiger partial charge in [0.05, 0.1) is 11.1 Å². The normalized spacial score (nSPS) is 16.8. The largest absolute Gasteiger partial charge is 0.338 e. The lowest BCUT2D eigenvalue weighted by atomic mass is 9.91. The van der Waals surface area contributed by atoms with E-state index in [1.807, 2.05) is 28.6 Å². The maximum atomic E-state index is 12.2. The van der Waals surface area contributed by atoms with Gasteiger partial charge in [-0.25, -0.2) is 0 Å². The van der Waals surface area contributed by atoms with Gasteiger partial charge in [-0.15, -0.1) is 11.3 Å². The molecule has 1 aliphatic rings. The number of thiophene rings is 1. The molecule has 1 N–H and O–H groups in total. The molecule has 100 valence electrons. The number of hydrogen-bond donors (Lipinski definition) is 1. The van der Waals surface area contributed by atoms with Crippen LogP contribution in [0.25, 0.3) is 0 Å². The number of nitrogens with zero attached hydrogens (tertiary/aromatic N) is 2. The number of rotatable bonds is 2. The molecule has 0 unspecified atom stereocenters. The molecule has 0 aromatic carbocycles. The molecule has 2 aromatic heterocycles. The maximum absolute atomic E-state index is 12.2. The molecule has 1 saturated heterocycles. The van der Waals surface area contributed by atoms with Crippen molar-refractivity contribution in [3.8, 4) is 0 Å². The fourth-order valence-electron chi connectivity index (χ4n) is 2.70. The summed E-state index contributed by atoms with van der Waals surface area (Å²) in [6.07, 6.45) is 3.90. The van der Waals surface area contributed by atoms with Crippen molar-refractivity contribution in [1.82, 2.24) is 15.1 Å². The van der Waals surface area contributed by atoms with Crippen LogP contribution >= 0.6 is 11.3 Å². The number of H-pyrrole nitrogens is 1. The van der Waals surface area contributed by atoms with Gasteiger partial charge in [-0.2, -0.15) is 5.10 Å². The van der Waals surface area contributed by atoms with Gasteiger partial charge >= 0.3 is 0 Å². The van der Waals surface area contributed by atoms with Crippen molar-refractivity contribution in [2.45, 2.75) is 25.7 Å². The lowest BCUT2D eigenvalue weighted by molar-refractivity contribution is 0.0717. The van der Waals surface area contributed by atoms with Gasteiger partial charge < -0.3 is 4.90 Å². The van der Waals surface area contributed by atoms with Crippen LogP contribution in [0.4, 0.5) is 0 Å². The molecule has 0 radical (unpaired) electrons. The zero-order valence-electron chi connectivity index (χ0n) is 10.9. The SMILES string of the molecule is Cc1cn[nH]c1C1CCN(C(=O)c2cccs2)CC1. The first-order valence-electron chi connectivity index (χ1n) is 6.58. The average Bonchev–Trinajstić information content (AvgIpc) is 3.09. The van der Waals surface area contributed by atoms with E-state index >= 15 is 0 Å². The molecule has 0 atom stereocenters. The second-order valence-electron chi connectivity index (χ2n) is 5.01. The van der Waals surface area contributed by atoms with Crippen molar-refractivity contribution in [1.29, 1.82) is 0 Å². The highest BCUT2D eigenvalue weighted by Gasteiger charge is 2.26. The predicted octanol–water partition coefficient (Wildman–Crippen LogP) is 2.80. The fourth-order valence-corrected chi connectivity index (χ4v) is 3.39. The molecular weight excluding hydrogens is 258 g/mol. The summed E-state index contributed by atoms with van der Waals surface area (Å²) in [7, 11) is 0. The Morgan fingerprint density at radius 1 is 1.47 bits per heavy atom. The lowest BCUT2D eigenvalue weighted by Gasteiger charge is -2.31. The number of piperidine rings is 1. The maximum Gasteiger partial charge on any atom is 0.263 e. The Morgan fingerprint density at radius 3 is 2.84 bits per heavy atom. The molecule has 19 heavy (non-hydrogen) atoms. The number of carbonyl (C=O) groups is 1. The van der Waals surface area contributed by atoms with Crippen LogP contribution in [0.1, 0.15) is 39.7 Å². The van der Waals surface area contributed by atoms with Crippen molar-refractivity contribution in [2.24, 2.45) is 0 Å². The van der Waals surface area contributed by atoms with E-state index in [0.29, 0.717) is 5.92 Å². The van der Waals surface area contributed by atoms with Crippen LogP contribution in [0.2, 0.25) is 0 Å². The molecule has 0 saturated carbocycles. The van der Waals surface area contributed by atoms with Gasteiger partial charge in [-0.1, -0.05) is 6.07 Å². The summed E-state index contributed by atoms with van der Waals surface area (Å²) in [6, 6.07) is 3.83. The highest BCUT2D eigenvalue weighted by Crippen LogP contribution is 2.29. The van der Waals surface area contributed by atoms with E-state index in [1.54, 1.807) is 0 Å². The predicted molar refractivity (Wildman–Crippen MR) is 75.5 cm³/mol. The Labute approximate surface area is 116 Å². The number of aromatic nitrogens is 2. The van der Waals surface area contributed by atoms with Gasteiger partial charge in [0, 0.05) is 24.7 Å². The summed E-state index contributed by atoms with van der Waals surface area (Å²) in [6.45, 7) is 3.75. The molecule has 2 aromatic rings. The topological polar surface area (TPSA) is 49.0 Å². The Balaban J connectivity index is 1.64. The minimum Gasteiger partial charge on any atom is -0.338 e. The van der Waals surface area contributed by atoms with Crippen LogP contribution in [-0.4, -0.2) is 34.1 Å². The molecule has 1 aliphatic heterocycles. The van der Waals surface area contributed by atoms with E-state index in [-0.39, 0.29) is 5.91 Å². The minimum atomic E-state index is 0.176. The molecule has 4 nitrogen and oxygen atoms in total. The van der Waals surface area contributed by atoms with Gasteiger partial charge in [-0.05, 0) is 36.8 Å². The third-order valence-corrected chi connectivity index (χ3v) is 4.65. The first kappa shape index (κ1) is 12.4. The Bertz CT molecular complexity index is 553. The van der Waals surface area contributed by atoms with Crippen molar-refractivity contribution in [3.63, 3.8) is 0 Å².